The largest absolute Gasteiger partial charge is 0.436 e. The van der Waals surface area contributed by atoms with Gasteiger partial charge in [-0.1, -0.05) is 6.07 Å². The Hall–Kier alpha value is -2.25. The molecule has 0 N–H and O–H groups in total. The fourth-order valence-corrected chi connectivity index (χ4v) is 1.51. The van der Waals surface area contributed by atoms with Gasteiger partial charge >= 0.3 is 6.18 Å². The van der Waals surface area contributed by atoms with Crippen LogP contribution >= 0.6 is 0 Å². The van der Waals surface area contributed by atoms with Crippen LogP contribution in [-0.2, 0) is 6.18 Å². The number of aromatic nitrogens is 1. The molecule has 21 heavy (non-hydrogen) atoms. The highest BCUT2D eigenvalue weighted by Gasteiger charge is 2.30. The molecule has 0 bridgehead atoms. The van der Waals surface area contributed by atoms with Crippen molar-refractivity contribution < 1.29 is 31.1 Å². The molecule has 0 unspecified atom stereocenters. The summed E-state index contributed by atoms with van der Waals surface area (Å²) in [5.41, 5.74) is -1.70. The minimum absolute atomic E-state index is 0.401. The van der Waals surface area contributed by atoms with Crippen LogP contribution in [0.2, 0.25) is 0 Å². The lowest BCUT2D eigenvalue weighted by Gasteiger charge is -2.11. The van der Waals surface area contributed by atoms with Crippen molar-refractivity contribution in [3.8, 4) is 11.6 Å². The van der Waals surface area contributed by atoms with Crippen molar-refractivity contribution in [3.63, 3.8) is 0 Å². The summed E-state index contributed by atoms with van der Waals surface area (Å²) in [4.78, 5) is 2.90. The highest BCUT2D eigenvalue weighted by molar-refractivity contribution is 5.34. The predicted octanol–water partition coefficient (Wildman–Crippen LogP) is 4.62. The first-order valence-electron chi connectivity index (χ1n) is 5.56. The van der Waals surface area contributed by atoms with E-state index in [1.165, 1.54) is 0 Å². The van der Waals surface area contributed by atoms with Gasteiger partial charge in [0, 0.05) is 5.56 Å². The zero-order valence-electron chi connectivity index (χ0n) is 10.4. The van der Waals surface area contributed by atoms with Crippen LogP contribution in [0.3, 0.4) is 0 Å². The van der Waals surface area contributed by atoms with E-state index in [0.717, 1.165) is 25.1 Å². The van der Waals surface area contributed by atoms with Crippen LogP contribution in [-0.4, -0.2) is 4.98 Å². The van der Waals surface area contributed by atoms with E-state index in [2.05, 4.69) is 4.98 Å². The molecule has 0 fully saturated rings. The Kier molecular flexibility index (Phi) is 3.80. The third-order valence-corrected chi connectivity index (χ3v) is 2.60. The molecule has 2 nitrogen and oxygen atoms in total. The summed E-state index contributed by atoms with van der Waals surface area (Å²) < 4.78 is 82.1. The second-order valence-corrected chi connectivity index (χ2v) is 4.09. The summed E-state index contributed by atoms with van der Waals surface area (Å²) in [5.74, 6) is -5.71. The Balaban J connectivity index is 2.40. The lowest BCUT2D eigenvalue weighted by Crippen LogP contribution is -2.05. The van der Waals surface area contributed by atoms with Gasteiger partial charge in [0.25, 0.3) is 11.8 Å². The zero-order valence-corrected chi connectivity index (χ0v) is 10.4. The summed E-state index contributed by atoms with van der Waals surface area (Å²) in [6.07, 6.45) is -4.62. The van der Waals surface area contributed by atoms with Crippen molar-refractivity contribution in [3.05, 3.63) is 53.0 Å². The number of benzene rings is 1. The van der Waals surface area contributed by atoms with Gasteiger partial charge in [0.15, 0.2) is 11.6 Å². The molecule has 1 aromatic carbocycles. The van der Waals surface area contributed by atoms with E-state index >= 15 is 0 Å². The molecule has 0 spiro atoms. The molecule has 0 atom stereocenters. The number of pyridine rings is 1. The van der Waals surface area contributed by atoms with E-state index in [1.807, 2.05) is 0 Å². The highest BCUT2D eigenvalue weighted by Crippen LogP contribution is 2.33. The maximum Gasteiger partial charge on any atom is 0.416 e. The summed E-state index contributed by atoms with van der Waals surface area (Å²) >= 11 is 0. The molecule has 2 aromatic rings. The van der Waals surface area contributed by atoms with Crippen molar-refractivity contribution in [2.75, 3.05) is 0 Å². The first kappa shape index (κ1) is 15.1. The molecule has 0 saturated heterocycles. The Labute approximate surface area is 115 Å². The number of hydrogen-bond donors (Lipinski definition) is 0. The first-order valence-corrected chi connectivity index (χ1v) is 5.56. The van der Waals surface area contributed by atoms with Crippen LogP contribution in [0.4, 0.5) is 26.3 Å². The van der Waals surface area contributed by atoms with Gasteiger partial charge in [0.2, 0.25) is 0 Å². The number of hydrogen-bond acceptors (Lipinski definition) is 2. The molecular formula is C13H7F6NO. The van der Waals surface area contributed by atoms with Crippen LogP contribution < -0.4 is 4.74 Å². The molecular weight excluding hydrogens is 300 g/mol. The maximum absolute atomic E-state index is 13.6. The van der Waals surface area contributed by atoms with E-state index in [4.69, 9.17) is 4.74 Å². The number of nitrogens with zero attached hydrogens (tertiary/aromatic N) is 1. The van der Waals surface area contributed by atoms with Crippen molar-refractivity contribution in [1.29, 1.82) is 0 Å². The molecule has 0 aliphatic heterocycles. The van der Waals surface area contributed by atoms with E-state index < -0.39 is 46.5 Å². The van der Waals surface area contributed by atoms with Gasteiger partial charge in [-0.25, -0.2) is 8.78 Å². The Morgan fingerprint density at radius 2 is 1.71 bits per heavy atom. The van der Waals surface area contributed by atoms with Crippen LogP contribution in [0.1, 0.15) is 11.1 Å². The molecule has 0 radical (unpaired) electrons. The summed E-state index contributed by atoms with van der Waals surface area (Å²) in [5, 5.41) is 0. The van der Waals surface area contributed by atoms with Gasteiger partial charge in [0.05, 0.1) is 5.56 Å². The summed E-state index contributed by atoms with van der Waals surface area (Å²) in [6, 6.07) is 3.51. The lowest BCUT2D eigenvalue weighted by atomic mass is 10.2. The number of alkyl halides is 3. The Morgan fingerprint density at radius 3 is 2.33 bits per heavy atom. The van der Waals surface area contributed by atoms with E-state index in [-0.39, 0.29) is 0 Å². The Morgan fingerprint density at radius 1 is 1.05 bits per heavy atom. The van der Waals surface area contributed by atoms with Gasteiger partial charge < -0.3 is 4.74 Å². The van der Waals surface area contributed by atoms with Gasteiger partial charge in [-0.05, 0) is 25.1 Å². The maximum atomic E-state index is 13.6. The average Bonchev–Trinajstić information content (AvgIpc) is 2.42. The van der Waals surface area contributed by atoms with E-state index in [1.54, 1.807) is 0 Å². The molecule has 112 valence electrons. The smallest absolute Gasteiger partial charge is 0.416 e. The normalized spacial score (nSPS) is 11.6. The average molecular weight is 307 g/mol. The molecule has 0 aliphatic rings. The fraction of sp³-hybridized carbons (Fsp3) is 0.154. The molecule has 1 aromatic heterocycles. The minimum atomic E-state index is -4.62. The predicted molar refractivity (Wildman–Crippen MR) is 60.4 cm³/mol. The molecule has 1 heterocycles. The fourth-order valence-electron chi connectivity index (χ4n) is 1.51. The zero-order chi connectivity index (χ0) is 15.8. The lowest BCUT2D eigenvalue weighted by molar-refractivity contribution is -0.137. The van der Waals surface area contributed by atoms with Gasteiger partial charge in [0.1, 0.15) is 5.75 Å². The second kappa shape index (κ2) is 5.27. The summed E-state index contributed by atoms with van der Waals surface area (Å²) in [6.45, 7) is 0.953. The van der Waals surface area contributed by atoms with Gasteiger partial charge in [-0.2, -0.15) is 22.5 Å². The molecule has 0 amide bonds. The molecule has 0 saturated carbocycles. The minimum Gasteiger partial charge on any atom is -0.436 e. The number of rotatable bonds is 2. The third-order valence-electron chi connectivity index (χ3n) is 2.60. The molecule has 2 rings (SSSR count). The van der Waals surface area contributed by atoms with Crippen molar-refractivity contribution in [1.82, 2.24) is 4.98 Å². The van der Waals surface area contributed by atoms with Crippen LogP contribution in [0.15, 0.2) is 24.3 Å². The number of halogens is 6. The highest BCUT2D eigenvalue weighted by atomic mass is 19.4. The first-order chi connectivity index (χ1) is 9.70. The standard InChI is InChI=1S/C13H7F6NO/c1-6-9(14)11(16)20-12(10(6)15)21-8-4-2-3-7(5-8)13(17,18)19/h2-5H,1H3. The van der Waals surface area contributed by atoms with E-state index in [0.29, 0.717) is 6.07 Å². The molecule has 0 aliphatic carbocycles. The van der Waals surface area contributed by atoms with Crippen LogP contribution in [0.25, 0.3) is 0 Å². The van der Waals surface area contributed by atoms with Crippen molar-refractivity contribution in [2.45, 2.75) is 13.1 Å². The third kappa shape index (κ3) is 3.09. The van der Waals surface area contributed by atoms with Crippen LogP contribution in [0.5, 0.6) is 11.6 Å². The van der Waals surface area contributed by atoms with Crippen molar-refractivity contribution in [2.24, 2.45) is 0 Å². The topological polar surface area (TPSA) is 22.1 Å². The monoisotopic (exact) mass is 307 g/mol. The van der Waals surface area contributed by atoms with Crippen molar-refractivity contribution >= 4 is 0 Å². The molecule has 8 heteroatoms. The SMILES string of the molecule is Cc1c(F)c(F)nc(Oc2cccc(C(F)(F)F)c2)c1F. The Bertz CT molecular complexity index is 683. The van der Waals surface area contributed by atoms with E-state index in [9.17, 15) is 26.3 Å². The summed E-state index contributed by atoms with van der Waals surface area (Å²) in [7, 11) is 0. The van der Waals surface area contributed by atoms with Gasteiger partial charge in [-0.3, -0.25) is 0 Å². The quantitative estimate of drug-likeness (QED) is 0.596. The second-order valence-electron chi connectivity index (χ2n) is 4.09. The van der Waals surface area contributed by atoms with Crippen LogP contribution in [0, 0.1) is 24.5 Å². The van der Waals surface area contributed by atoms with Gasteiger partial charge in [-0.15, -0.1) is 0 Å². The number of ether oxygens (including phenoxy) is 1.